The van der Waals surface area contributed by atoms with Crippen molar-refractivity contribution in [2.75, 3.05) is 25.9 Å². The number of ether oxygens (including phenoxy) is 1. The molecule has 1 aliphatic rings. The number of likely N-dealkylation sites (tertiary alicyclic amines) is 1. The van der Waals surface area contributed by atoms with Crippen LogP contribution in [0.4, 0.5) is 5.69 Å². The van der Waals surface area contributed by atoms with Gasteiger partial charge in [-0.05, 0) is 37.8 Å². The fourth-order valence-electron chi connectivity index (χ4n) is 2.69. The van der Waals surface area contributed by atoms with E-state index in [0.717, 1.165) is 12.8 Å². The van der Waals surface area contributed by atoms with Crippen LogP contribution in [0.25, 0.3) is 0 Å². The minimum atomic E-state index is -0.316. The number of piperidine rings is 1. The van der Waals surface area contributed by atoms with Crippen LogP contribution >= 0.6 is 0 Å². The van der Waals surface area contributed by atoms with Crippen LogP contribution in [0.1, 0.15) is 30.1 Å². The minimum absolute atomic E-state index is 0.0935. The number of benzene rings is 1. The lowest BCUT2D eigenvalue weighted by Crippen LogP contribution is -2.41. The number of rotatable bonds is 3. The topological polar surface area (TPSA) is 75.8 Å². The van der Waals surface area contributed by atoms with E-state index in [0.29, 0.717) is 30.1 Å². The van der Waals surface area contributed by atoms with Gasteiger partial charge in [-0.2, -0.15) is 0 Å². The summed E-state index contributed by atoms with van der Waals surface area (Å²) in [5.74, 6) is 0.686. The van der Waals surface area contributed by atoms with E-state index < -0.39 is 0 Å². The van der Waals surface area contributed by atoms with E-state index in [1.165, 1.54) is 7.11 Å². The Morgan fingerprint density at radius 3 is 2.65 bits per heavy atom. The Morgan fingerprint density at radius 1 is 1.45 bits per heavy atom. The van der Waals surface area contributed by atoms with Gasteiger partial charge in [0.1, 0.15) is 11.3 Å². The number of anilines is 1. The largest absolute Gasteiger partial charge is 0.496 e. The van der Waals surface area contributed by atoms with Crippen LogP contribution in [-0.2, 0) is 0 Å². The van der Waals surface area contributed by atoms with Crippen molar-refractivity contribution in [2.24, 2.45) is 5.92 Å². The maximum atomic E-state index is 12.6. The molecule has 1 heterocycles. The summed E-state index contributed by atoms with van der Waals surface area (Å²) in [4.78, 5) is 14.4. The van der Waals surface area contributed by atoms with E-state index in [2.05, 4.69) is 0 Å². The number of methoxy groups -OCH3 is 1. The first kappa shape index (κ1) is 14.7. The Bertz CT molecular complexity index is 480. The molecule has 0 spiro atoms. The van der Waals surface area contributed by atoms with Crippen molar-refractivity contribution in [2.45, 2.75) is 25.9 Å². The molecule has 1 aliphatic heterocycles. The molecule has 1 unspecified atom stereocenters. The second-order valence-electron chi connectivity index (χ2n) is 5.29. The Hall–Kier alpha value is -1.75. The SMILES string of the molecule is COc1cccc(N)c1C(=O)N1CCC(C(C)O)CC1. The van der Waals surface area contributed by atoms with Crippen LogP contribution in [0.2, 0.25) is 0 Å². The zero-order chi connectivity index (χ0) is 14.7. The molecule has 5 heteroatoms. The summed E-state index contributed by atoms with van der Waals surface area (Å²) in [5.41, 5.74) is 6.79. The van der Waals surface area contributed by atoms with Crippen LogP contribution in [0.5, 0.6) is 5.75 Å². The summed E-state index contributed by atoms with van der Waals surface area (Å²) in [6.07, 6.45) is 1.32. The zero-order valence-electron chi connectivity index (χ0n) is 12.0. The van der Waals surface area contributed by atoms with Crippen molar-refractivity contribution < 1.29 is 14.6 Å². The average molecular weight is 278 g/mol. The van der Waals surface area contributed by atoms with Crippen molar-refractivity contribution in [3.05, 3.63) is 23.8 Å². The molecule has 0 radical (unpaired) electrons. The highest BCUT2D eigenvalue weighted by Crippen LogP contribution is 2.28. The minimum Gasteiger partial charge on any atom is -0.496 e. The van der Waals surface area contributed by atoms with Gasteiger partial charge < -0.3 is 20.5 Å². The van der Waals surface area contributed by atoms with Gasteiger partial charge >= 0.3 is 0 Å². The van der Waals surface area contributed by atoms with Gasteiger partial charge in [-0.1, -0.05) is 6.07 Å². The molecule has 1 fully saturated rings. The highest BCUT2D eigenvalue weighted by atomic mass is 16.5. The fraction of sp³-hybridized carbons (Fsp3) is 0.533. The second-order valence-corrected chi connectivity index (χ2v) is 5.29. The molecule has 1 saturated heterocycles. The predicted octanol–water partition coefficient (Wildman–Crippen LogP) is 1.51. The molecule has 1 aromatic carbocycles. The maximum Gasteiger partial charge on any atom is 0.259 e. The van der Waals surface area contributed by atoms with E-state index in [1.54, 1.807) is 30.0 Å². The third-order valence-corrected chi connectivity index (χ3v) is 4.00. The standard InChI is InChI=1S/C15H22N2O3/c1-10(18)11-6-8-17(9-7-11)15(19)14-12(16)4-3-5-13(14)20-2/h3-5,10-11,18H,6-9,16H2,1-2H3. The molecular formula is C15H22N2O3. The molecule has 3 N–H and O–H groups in total. The smallest absolute Gasteiger partial charge is 0.259 e. The van der Waals surface area contributed by atoms with Gasteiger partial charge in [-0.3, -0.25) is 4.79 Å². The highest BCUT2D eigenvalue weighted by molar-refractivity contribution is 6.01. The fourth-order valence-corrected chi connectivity index (χ4v) is 2.69. The van der Waals surface area contributed by atoms with Gasteiger partial charge in [0.15, 0.2) is 0 Å². The number of nitrogens with zero attached hydrogens (tertiary/aromatic N) is 1. The third-order valence-electron chi connectivity index (χ3n) is 4.00. The lowest BCUT2D eigenvalue weighted by Gasteiger charge is -2.33. The van der Waals surface area contributed by atoms with E-state index in [-0.39, 0.29) is 17.9 Å². The average Bonchev–Trinajstić information content (AvgIpc) is 2.46. The molecular weight excluding hydrogens is 256 g/mol. The molecule has 1 amide bonds. The van der Waals surface area contributed by atoms with Crippen molar-refractivity contribution >= 4 is 11.6 Å². The van der Waals surface area contributed by atoms with Gasteiger partial charge in [0, 0.05) is 18.8 Å². The first-order valence-electron chi connectivity index (χ1n) is 6.94. The molecule has 0 saturated carbocycles. The number of carbonyl (C=O) groups excluding carboxylic acids is 1. The number of hydrogen-bond donors (Lipinski definition) is 2. The Morgan fingerprint density at radius 2 is 2.10 bits per heavy atom. The second kappa shape index (κ2) is 6.13. The number of aliphatic hydroxyl groups excluding tert-OH is 1. The zero-order valence-corrected chi connectivity index (χ0v) is 12.0. The molecule has 1 aromatic rings. The first-order valence-corrected chi connectivity index (χ1v) is 6.94. The van der Waals surface area contributed by atoms with E-state index >= 15 is 0 Å². The van der Waals surface area contributed by atoms with Gasteiger partial charge in [-0.25, -0.2) is 0 Å². The number of amides is 1. The van der Waals surface area contributed by atoms with Crippen molar-refractivity contribution in [1.82, 2.24) is 4.90 Å². The number of carbonyl (C=O) groups is 1. The van der Waals surface area contributed by atoms with Crippen LogP contribution in [0.15, 0.2) is 18.2 Å². The molecule has 2 rings (SSSR count). The lowest BCUT2D eigenvalue weighted by atomic mass is 9.92. The number of hydrogen-bond acceptors (Lipinski definition) is 4. The quantitative estimate of drug-likeness (QED) is 0.822. The Kier molecular flexibility index (Phi) is 4.49. The van der Waals surface area contributed by atoms with Gasteiger partial charge in [0.25, 0.3) is 5.91 Å². The predicted molar refractivity (Wildman–Crippen MR) is 77.7 cm³/mol. The molecule has 110 valence electrons. The molecule has 20 heavy (non-hydrogen) atoms. The van der Waals surface area contributed by atoms with E-state index in [4.69, 9.17) is 10.5 Å². The van der Waals surface area contributed by atoms with Crippen LogP contribution in [0, 0.1) is 5.92 Å². The molecule has 0 bridgehead atoms. The monoisotopic (exact) mass is 278 g/mol. The third kappa shape index (κ3) is 2.88. The van der Waals surface area contributed by atoms with Crippen LogP contribution < -0.4 is 10.5 Å². The van der Waals surface area contributed by atoms with E-state index in [9.17, 15) is 9.90 Å². The maximum absolute atomic E-state index is 12.6. The van der Waals surface area contributed by atoms with Crippen LogP contribution in [0.3, 0.4) is 0 Å². The summed E-state index contributed by atoms with van der Waals surface area (Å²) in [6.45, 7) is 3.10. The van der Waals surface area contributed by atoms with Crippen LogP contribution in [-0.4, -0.2) is 42.2 Å². The summed E-state index contributed by atoms with van der Waals surface area (Å²) < 4.78 is 5.23. The summed E-state index contributed by atoms with van der Waals surface area (Å²) >= 11 is 0. The van der Waals surface area contributed by atoms with E-state index in [1.807, 2.05) is 0 Å². The first-order chi connectivity index (χ1) is 9.54. The van der Waals surface area contributed by atoms with Gasteiger partial charge in [0.2, 0.25) is 0 Å². The lowest BCUT2D eigenvalue weighted by molar-refractivity contribution is 0.0520. The van der Waals surface area contributed by atoms with Crippen molar-refractivity contribution in [3.8, 4) is 5.75 Å². The Labute approximate surface area is 119 Å². The summed E-state index contributed by atoms with van der Waals surface area (Å²) in [5, 5.41) is 9.60. The summed E-state index contributed by atoms with van der Waals surface area (Å²) in [7, 11) is 1.53. The number of nitrogens with two attached hydrogens (primary N) is 1. The molecule has 1 atom stereocenters. The Balaban J connectivity index is 2.13. The highest BCUT2D eigenvalue weighted by Gasteiger charge is 2.28. The normalized spacial score (nSPS) is 17.9. The van der Waals surface area contributed by atoms with Crippen molar-refractivity contribution in [1.29, 1.82) is 0 Å². The molecule has 0 aromatic heterocycles. The van der Waals surface area contributed by atoms with Crippen molar-refractivity contribution in [3.63, 3.8) is 0 Å². The number of aliphatic hydroxyl groups is 1. The van der Waals surface area contributed by atoms with Gasteiger partial charge in [0.05, 0.1) is 13.2 Å². The summed E-state index contributed by atoms with van der Waals surface area (Å²) in [6, 6.07) is 5.22. The number of nitrogen functional groups attached to an aromatic ring is 1. The molecule has 5 nitrogen and oxygen atoms in total. The molecule has 0 aliphatic carbocycles. The van der Waals surface area contributed by atoms with Gasteiger partial charge in [-0.15, -0.1) is 0 Å².